The molecule has 4 nitrogen and oxygen atoms in total. The molecule has 0 radical (unpaired) electrons. The second-order valence-electron chi connectivity index (χ2n) is 4.13. The largest absolute Gasteiger partial charge is 0.478 e. The minimum absolute atomic E-state index is 0.267. The van der Waals surface area contributed by atoms with Gasteiger partial charge in [0.15, 0.2) is 4.34 Å². The fraction of sp³-hybridized carbons (Fsp3) is 0.308. The van der Waals surface area contributed by atoms with Crippen molar-refractivity contribution in [3.63, 3.8) is 0 Å². The minimum Gasteiger partial charge on any atom is -0.478 e. The lowest BCUT2D eigenvalue weighted by Gasteiger charge is -2.07. The van der Waals surface area contributed by atoms with Gasteiger partial charge < -0.3 is 5.11 Å². The molecule has 19 heavy (non-hydrogen) atoms. The predicted molar refractivity (Wildman–Crippen MR) is 76.3 cm³/mol. The number of carbonyl (C=O) groups is 1. The average molecular weight is 294 g/mol. The zero-order valence-electron chi connectivity index (χ0n) is 10.9. The van der Waals surface area contributed by atoms with Crippen LogP contribution in [-0.4, -0.2) is 21.0 Å². The predicted octanol–water partition coefficient (Wildman–Crippen LogP) is 3.57. The summed E-state index contributed by atoms with van der Waals surface area (Å²) in [6.45, 7) is 5.70. The third-order valence-corrected chi connectivity index (χ3v) is 4.58. The number of hydrogen-bond donors (Lipinski definition) is 1. The van der Waals surface area contributed by atoms with Gasteiger partial charge in [0.1, 0.15) is 5.03 Å². The Labute approximate surface area is 119 Å². The molecule has 0 unspecified atom stereocenters. The van der Waals surface area contributed by atoms with Gasteiger partial charge in [0.25, 0.3) is 0 Å². The van der Waals surface area contributed by atoms with E-state index >= 15 is 0 Å². The molecule has 0 aliphatic rings. The Morgan fingerprint density at radius 1 is 1.42 bits per heavy atom. The van der Waals surface area contributed by atoms with Gasteiger partial charge in [-0.15, -0.1) is 11.3 Å². The Hall–Kier alpha value is -1.40. The molecule has 0 aromatic carbocycles. The SMILES string of the molecule is CCc1csc(Sc2nc(C)cc(C)c2C(=O)O)n1. The highest BCUT2D eigenvalue weighted by molar-refractivity contribution is 8.01. The highest BCUT2D eigenvalue weighted by Crippen LogP contribution is 2.33. The molecule has 0 saturated carbocycles. The van der Waals surface area contributed by atoms with Crippen molar-refractivity contribution >= 4 is 29.1 Å². The second-order valence-corrected chi connectivity index (χ2v) is 6.22. The van der Waals surface area contributed by atoms with Crippen molar-refractivity contribution in [2.24, 2.45) is 0 Å². The molecule has 6 heteroatoms. The maximum atomic E-state index is 11.3. The van der Waals surface area contributed by atoms with Crippen LogP contribution in [0, 0.1) is 13.8 Å². The third-order valence-electron chi connectivity index (χ3n) is 2.60. The maximum absolute atomic E-state index is 11.3. The van der Waals surface area contributed by atoms with Crippen LogP contribution in [0.1, 0.15) is 34.2 Å². The van der Waals surface area contributed by atoms with E-state index in [9.17, 15) is 9.90 Å². The molecule has 0 aliphatic carbocycles. The first-order valence-corrected chi connectivity index (χ1v) is 7.54. The fourth-order valence-electron chi connectivity index (χ4n) is 1.72. The van der Waals surface area contributed by atoms with Crippen molar-refractivity contribution in [1.82, 2.24) is 9.97 Å². The Balaban J connectivity index is 2.40. The molecule has 0 fully saturated rings. The molecule has 2 aromatic rings. The first-order chi connectivity index (χ1) is 9.01. The fourth-order valence-corrected chi connectivity index (χ4v) is 3.78. The zero-order valence-corrected chi connectivity index (χ0v) is 12.6. The quantitative estimate of drug-likeness (QED) is 0.934. The molecule has 0 saturated heterocycles. The highest BCUT2D eigenvalue weighted by atomic mass is 32.2. The molecule has 0 atom stereocenters. The van der Waals surface area contributed by atoms with Gasteiger partial charge in [0.2, 0.25) is 0 Å². The number of aromatic carboxylic acids is 1. The topological polar surface area (TPSA) is 63.1 Å². The van der Waals surface area contributed by atoms with Crippen LogP contribution >= 0.6 is 23.1 Å². The maximum Gasteiger partial charge on any atom is 0.338 e. The molecular weight excluding hydrogens is 280 g/mol. The van der Waals surface area contributed by atoms with Gasteiger partial charge in [-0.1, -0.05) is 6.92 Å². The van der Waals surface area contributed by atoms with E-state index in [4.69, 9.17) is 0 Å². The minimum atomic E-state index is -0.945. The van der Waals surface area contributed by atoms with Gasteiger partial charge in [0, 0.05) is 11.1 Å². The van der Waals surface area contributed by atoms with E-state index in [-0.39, 0.29) is 5.56 Å². The van der Waals surface area contributed by atoms with E-state index in [1.165, 1.54) is 23.1 Å². The van der Waals surface area contributed by atoms with Gasteiger partial charge in [-0.2, -0.15) is 0 Å². The van der Waals surface area contributed by atoms with Crippen LogP contribution in [0.15, 0.2) is 20.8 Å². The molecule has 0 aliphatic heterocycles. The number of thiazole rings is 1. The number of aromatic nitrogens is 2. The summed E-state index contributed by atoms with van der Waals surface area (Å²) in [6.07, 6.45) is 0.878. The number of carboxylic acid groups (broad SMARTS) is 1. The third kappa shape index (κ3) is 3.13. The van der Waals surface area contributed by atoms with E-state index < -0.39 is 5.97 Å². The average Bonchev–Trinajstić information content (AvgIpc) is 2.75. The second kappa shape index (κ2) is 5.71. The molecule has 1 N–H and O–H groups in total. The molecule has 0 spiro atoms. The van der Waals surface area contributed by atoms with Crippen molar-refractivity contribution in [2.45, 2.75) is 36.6 Å². The Bertz CT molecular complexity index is 623. The Morgan fingerprint density at radius 2 is 2.16 bits per heavy atom. The number of pyridine rings is 1. The smallest absolute Gasteiger partial charge is 0.338 e. The molecule has 2 rings (SSSR count). The van der Waals surface area contributed by atoms with E-state index in [1.54, 1.807) is 13.0 Å². The summed E-state index contributed by atoms with van der Waals surface area (Å²) in [5.41, 5.74) is 2.84. The summed E-state index contributed by atoms with van der Waals surface area (Å²) < 4.78 is 0.830. The highest BCUT2D eigenvalue weighted by Gasteiger charge is 2.17. The molecule has 0 bridgehead atoms. The first-order valence-electron chi connectivity index (χ1n) is 5.85. The van der Waals surface area contributed by atoms with Crippen LogP contribution < -0.4 is 0 Å². The van der Waals surface area contributed by atoms with Crippen LogP contribution in [0.25, 0.3) is 0 Å². The number of rotatable bonds is 4. The van der Waals surface area contributed by atoms with Crippen LogP contribution in [0.4, 0.5) is 0 Å². The van der Waals surface area contributed by atoms with E-state index in [1.807, 2.05) is 19.2 Å². The summed E-state index contributed by atoms with van der Waals surface area (Å²) in [4.78, 5) is 20.1. The van der Waals surface area contributed by atoms with Gasteiger partial charge in [-0.25, -0.2) is 14.8 Å². The number of hydrogen-bond acceptors (Lipinski definition) is 5. The first kappa shape index (κ1) is 14.0. The lowest BCUT2D eigenvalue weighted by atomic mass is 10.1. The standard InChI is InChI=1S/C13H14N2O2S2/c1-4-9-6-18-13(15-9)19-11-10(12(16)17)7(2)5-8(3)14-11/h5-6H,4H2,1-3H3,(H,16,17). The van der Waals surface area contributed by atoms with Crippen molar-refractivity contribution < 1.29 is 9.90 Å². The monoisotopic (exact) mass is 294 g/mol. The molecule has 0 amide bonds. The summed E-state index contributed by atoms with van der Waals surface area (Å²) in [6, 6.07) is 1.78. The van der Waals surface area contributed by atoms with Crippen molar-refractivity contribution in [3.8, 4) is 0 Å². The lowest BCUT2D eigenvalue weighted by Crippen LogP contribution is -2.05. The number of aryl methyl sites for hydroxylation is 3. The van der Waals surface area contributed by atoms with Crippen molar-refractivity contribution in [2.75, 3.05) is 0 Å². The van der Waals surface area contributed by atoms with Gasteiger partial charge in [-0.05, 0) is 43.7 Å². The van der Waals surface area contributed by atoms with Crippen molar-refractivity contribution in [3.05, 3.63) is 34.0 Å². The molecule has 100 valence electrons. The lowest BCUT2D eigenvalue weighted by molar-refractivity contribution is 0.0691. The van der Waals surface area contributed by atoms with E-state index in [0.717, 1.165) is 27.7 Å². The van der Waals surface area contributed by atoms with Crippen LogP contribution in [0.3, 0.4) is 0 Å². The molecule has 2 heterocycles. The summed E-state index contributed by atoms with van der Waals surface area (Å²) in [5.74, 6) is -0.945. The van der Waals surface area contributed by atoms with Crippen LogP contribution in [0.5, 0.6) is 0 Å². The number of nitrogens with zero attached hydrogens (tertiary/aromatic N) is 2. The Kier molecular flexibility index (Phi) is 4.21. The molecule has 2 aromatic heterocycles. The zero-order chi connectivity index (χ0) is 14.0. The van der Waals surface area contributed by atoms with Gasteiger partial charge in [0.05, 0.1) is 11.3 Å². The van der Waals surface area contributed by atoms with Gasteiger partial charge in [-0.3, -0.25) is 0 Å². The Morgan fingerprint density at radius 3 is 2.74 bits per heavy atom. The van der Waals surface area contributed by atoms with Crippen LogP contribution in [0.2, 0.25) is 0 Å². The molecular formula is C13H14N2O2S2. The van der Waals surface area contributed by atoms with Crippen LogP contribution in [-0.2, 0) is 6.42 Å². The summed E-state index contributed by atoms with van der Waals surface area (Å²) in [5, 5.41) is 11.8. The van der Waals surface area contributed by atoms with E-state index in [2.05, 4.69) is 9.97 Å². The normalized spacial score (nSPS) is 10.7. The van der Waals surface area contributed by atoms with Gasteiger partial charge >= 0.3 is 5.97 Å². The summed E-state index contributed by atoms with van der Waals surface area (Å²) in [7, 11) is 0. The van der Waals surface area contributed by atoms with E-state index in [0.29, 0.717) is 5.03 Å². The number of carboxylic acids is 1. The summed E-state index contributed by atoms with van der Waals surface area (Å²) >= 11 is 2.84. The van der Waals surface area contributed by atoms with Crippen molar-refractivity contribution in [1.29, 1.82) is 0 Å².